The molecule has 0 saturated heterocycles. The van der Waals surface area contributed by atoms with E-state index < -0.39 is 0 Å². The van der Waals surface area contributed by atoms with Gasteiger partial charge in [0.2, 0.25) is 0 Å². The van der Waals surface area contributed by atoms with Crippen LogP contribution in [0.4, 0.5) is 11.4 Å². The average molecular weight is 244 g/mol. The lowest BCUT2D eigenvalue weighted by molar-refractivity contribution is 0.356. The molecule has 0 unspecified atom stereocenters. The van der Waals surface area contributed by atoms with Gasteiger partial charge >= 0.3 is 0 Å². The van der Waals surface area contributed by atoms with Crippen molar-refractivity contribution in [2.24, 2.45) is 0 Å². The maximum absolute atomic E-state index is 6.11. The lowest BCUT2D eigenvalue weighted by atomic mass is 10.0. The van der Waals surface area contributed by atoms with E-state index in [1.165, 1.54) is 0 Å². The van der Waals surface area contributed by atoms with Gasteiger partial charge in [-0.25, -0.2) is 0 Å². The van der Waals surface area contributed by atoms with Gasteiger partial charge in [-0.3, -0.25) is 0 Å². The Kier molecular flexibility index (Phi) is 3.28. The number of benzene rings is 2. The first-order valence-corrected chi connectivity index (χ1v) is 5.53. The molecule has 0 heterocycles. The number of anilines is 2. The van der Waals surface area contributed by atoms with Crippen molar-refractivity contribution in [1.29, 1.82) is 0 Å². The number of methoxy groups -OCH3 is 2. The van der Waals surface area contributed by atoms with Crippen molar-refractivity contribution >= 4 is 11.4 Å². The smallest absolute Gasteiger partial charge is 0.184 e. The molecule has 4 heteroatoms. The lowest BCUT2D eigenvalue weighted by Crippen LogP contribution is -1.98. The summed E-state index contributed by atoms with van der Waals surface area (Å²) in [5.41, 5.74) is 14.9. The number of rotatable bonds is 3. The van der Waals surface area contributed by atoms with Gasteiger partial charge in [0.15, 0.2) is 11.5 Å². The van der Waals surface area contributed by atoms with E-state index in [0.29, 0.717) is 22.9 Å². The normalized spacial score (nSPS) is 10.1. The maximum atomic E-state index is 6.11. The standard InChI is InChI=1S/C14H16N2O2/c1-17-12-7-6-11(13(16)14(12)18-2)9-4-3-5-10(15)8-9/h3-8H,15-16H2,1-2H3. The zero-order valence-electron chi connectivity index (χ0n) is 10.4. The first-order chi connectivity index (χ1) is 8.67. The summed E-state index contributed by atoms with van der Waals surface area (Å²) in [4.78, 5) is 0. The Labute approximate surface area is 106 Å². The molecule has 2 aromatic rings. The first-order valence-electron chi connectivity index (χ1n) is 5.53. The van der Waals surface area contributed by atoms with Gasteiger partial charge in [0, 0.05) is 11.3 Å². The molecule has 0 saturated carbocycles. The molecule has 0 bridgehead atoms. The Bertz CT molecular complexity index is 568. The largest absolute Gasteiger partial charge is 0.493 e. The van der Waals surface area contributed by atoms with Crippen molar-refractivity contribution in [3.8, 4) is 22.6 Å². The summed E-state index contributed by atoms with van der Waals surface area (Å²) in [6.07, 6.45) is 0. The summed E-state index contributed by atoms with van der Waals surface area (Å²) in [7, 11) is 3.15. The highest BCUT2D eigenvalue weighted by atomic mass is 16.5. The fourth-order valence-electron chi connectivity index (χ4n) is 1.91. The van der Waals surface area contributed by atoms with Crippen molar-refractivity contribution in [3.63, 3.8) is 0 Å². The molecule has 18 heavy (non-hydrogen) atoms. The third-order valence-electron chi connectivity index (χ3n) is 2.78. The lowest BCUT2D eigenvalue weighted by Gasteiger charge is -2.14. The Morgan fingerprint density at radius 3 is 2.33 bits per heavy atom. The number of hydrogen-bond donors (Lipinski definition) is 2. The minimum Gasteiger partial charge on any atom is -0.493 e. The molecule has 4 N–H and O–H groups in total. The molecule has 0 radical (unpaired) electrons. The van der Waals surface area contributed by atoms with Crippen LogP contribution in [0, 0.1) is 0 Å². The molecule has 0 fully saturated rings. The monoisotopic (exact) mass is 244 g/mol. The van der Waals surface area contributed by atoms with Gasteiger partial charge in [0.05, 0.1) is 19.9 Å². The summed E-state index contributed by atoms with van der Waals surface area (Å²) < 4.78 is 10.5. The van der Waals surface area contributed by atoms with E-state index >= 15 is 0 Å². The Hall–Kier alpha value is -2.36. The highest BCUT2D eigenvalue weighted by Crippen LogP contribution is 2.40. The van der Waals surface area contributed by atoms with Crippen LogP contribution in [0.1, 0.15) is 0 Å². The van der Waals surface area contributed by atoms with Crippen molar-refractivity contribution in [2.45, 2.75) is 0 Å². The Morgan fingerprint density at radius 1 is 0.944 bits per heavy atom. The van der Waals surface area contributed by atoms with E-state index in [-0.39, 0.29) is 0 Å². The van der Waals surface area contributed by atoms with Crippen LogP contribution in [0.25, 0.3) is 11.1 Å². The van der Waals surface area contributed by atoms with Crippen LogP contribution in [0.5, 0.6) is 11.5 Å². The number of nitrogen functional groups attached to an aromatic ring is 2. The van der Waals surface area contributed by atoms with Gasteiger partial charge in [-0.05, 0) is 29.8 Å². The highest BCUT2D eigenvalue weighted by Gasteiger charge is 2.13. The third-order valence-corrected chi connectivity index (χ3v) is 2.78. The summed E-state index contributed by atoms with van der Waals surface area (Å²) >= 11 is 0. The molecule has 2 rings (SSSR count). The Balaban J connectivity index is 2.59. The zero-order valence-corrected chi connectivity index (χ0v) is 10.4. The van der Waals surface area contributed by atoms with E-state index in [0.717, 1.165) is 11.1 Å². The minimum absolute atomic E-state index is 0.539. The van der Waals surface area contributed by atoms with Gasteiger partial charge in [-0.2, -0.15) is 0 Å². The molecule has 0 aliphatic rings. The minimum atomic E-state index is 0.539. The topological polar surface area (TPSA) is 70.5 Å². The van der Waals surface area contributed by atoms with Gasteiger partial charge in [-0.15, -0.1) is 0 Å². The molecule has 0 amide bonds. The average Bonchev–Trinajstić information content (AvgIpc) is 2.38. The quantitative estimate of drug-likeness (QED) is 0.814. The fourth-order valence-corrected chi connectivity index (χ4v) is 1.91. The molecule has 0 aliphatic carbocycles. The molecular weight excluding hydrogens is 228 g/mol. The predicted molar refractivity (Wildman–Crippen MR) is 73.8 cm³/mol. The van der Waals surface area contributed by atoms with Gasteiger partial charge in [0.25, 0.3) is 0 Å². The predicted octanol–water partition coefficient (Wildman–Crippen LogP) is 2.54. The van der Waals surface area contributed by atoms with Gasteiger partial charge in [0.1, 0.15) is 0 Å². The summed E-state index contributed by atoms with van der Waals surface area (Å²) in [6.45, 7) is 0. The summed E-state index contributed by atoms with van der Waals surface area (Å²) in [5, 5.41) is 0. The molecule has 0 atom stereocenters. The van der Waals surface area contributed by atoms with Crippen LogP contribution in [0.3, 0.4) is 0 Å². The second-order valence-electron chi connectivity index (χ2n) is 3.89. The van der Waals surface area contributed by atoms with Crippen molar-refractivity contribution < 1.29 is 9.47 Å². The van der Waals surface area contributed by atoms with Crippen LogP contribution in [0.2, 0.25) is 0 Å². The zero-order chi connectivity index (χ0) is 13.1. The SMILES string of the molecule is COc1ccc(-c2cccc(N)c2)c(N)c1OC. The number of nitrogens with two attached hydrogens (primary N) is 2. The van der Waals surface area contributed by atoms with E-state index in [2.05, 4.69) is 0 Å². The summed E-state index contributed by atoms with van der Waals surface area (Å²) in [5.74, 6) is 1.15. The summed E-state index contributed by atoms with van der Waals surface area (Å²) in [6, 6.07) is 11.3. The van der Waals surface area contributed by atoms with Crippen molar-refractivity contribution in [3.05, 3.63) is 36.4 Å². The van der Waals surface area contributed by atoms with Crippen LogP contribution >= 0.6 is 0 Å². The second-order valence-corrected chi connectivity index (χ2v) is 3.89. The molecule has 4 nitrogen and oxygen atoms in total. The van der Waals surface area contributed by atoms with Gasteiger partial charge in [-0.1, -0.05) is 12.1 Å². The molecular formula is C14H16N2O2. The van der Waals surface area contributed by atoms with Crippen LogP contribution in [0.15, 0.2) is 36.4 Å². The van der Waals surface area contributed by atoms with Gasteiger partial charge < -0.3 is 20.9 Å². The molecule has 0 spiro atoms. The molecule has 94 valence electrons. The highest BCUT2D eigenvalue weighted by molar-refractivity contribution is 5.83. The van der Waals surface area contributed by atoms with E-state index in [9.17, 15) is 0 Å². The maximum Gasteiger partial charge on any atom is 0.184 e. The first kappa shape index (κ1) is 12.1. The fraction of sp³-hybridized carbons (Fsp3) is 0.143. The molecule has 0 aliphatic heterocycles. The van der Waals surface area contributed by atoms with Crippen LogP contribution < -0.4 is 20.9 Å². The van der Waals surface area contributed by atoms with Crippen molar-refractivity contribution in [1.82, 2.24) is 0 Å². The van der Waals surface area contributed by atoms with E-state index in [1.54, 1.807) is 14.2 Å². The third kappa shape index (κ3) is 2.05. The number of ether oxygens (including phenoxy) is 2. The van der Waals surface area contributed by atoms with Crippen LogP contribution in [-0.4, -0.2) is 14.2 Å². The number of hydrogen-bond acceptors (Lipinski definition) is 4. The van der Waals surface area contributed by atoms with Crippen LogP contribution in [-0.2, 0) is 0 Å². The van der Waals surface area contributed by atoms with E-state index in [1.807, 2.05) is 36.4 Å². The Morgan fingerprint density at radius 2 is 1.72 bits per heavy atom. The molecule has 2 aromatic carbocycles. The molecule has 0 aromatic heterocycles. The van der Waals surface area contributed by atoms with Crippen molar-refractivity contribution in [2.75, 3.05) is 25.7 Å². The van der Waals surface area contributed by atoms with E-state index in [4.69, 9.17) is 20.9 Å². The second kappa shape index (κ2) is 4.87.